The number of hydrogen-bond donors (Lipinski definition) is 2. The van der Waals surface area contributed by atoms with Gasteiger partial charge >= 0.3 is 0 Å². The first kappa shape index (κ1) is 18.5. The summed E-state index contributed by atoms with van der Waals surface area (Å²) in [5.74, 6) is 0.873. The van der Waals surface area contributed by atoms with Gasteiger partial charge in [-0.15, -0.1) is 0 Å². The van der Waals surface area contributed by atoms with E-state index in [1.807, 2.05) is 28.8 Å². The number of nitrogens with zero attached hydrogens (tertiary/aromatic N) is 3. The summed E-state index contributed by atoms with van der Waals surface area (Å²) >= 11 is 3.48. The van der Waals surface area contributed by atoms with Crippen LogP contribution in [-0.4, -0.2) is 20.1 Å². The van der Waals surface area contributed by atoms with Crippen LogP contribution in [0.4, 0.5) is 5.82 Å². The highest BCUT2D eigenvalue weighted by atomic mass is 79.9. The van der Waals surface area contributed by atoms with Crippen LogP contribution in [0.1, 0.15) is 46.6 Å². The predicted octanol–water partition coefficient (Wildman–Crippen LogP) is 5.59. The van der Waals surface area contributed by atoms with Crippen LogP contribution in [0.3, 0.4) is 0 Å². The van der Waals surface area contributed by atoms with Gasteiger partial charge in [0.05, 0.1) is 0 Å². The van der Waals surface area contributed by atoms with E-state index < -0.39 is 0 Å². The molecule has 3 aromatic rings. The molecular formula is C20H24BrN5. The first-order valence-electron chi connectivity index (χ1n) is 8.64. The van der Waals surface area contributed by atoms with Crippen LogP contribution in [0.15, 0.2) is 34.9 Å². The number of benzene rings is 1. The Hall–Kier alpha value is -2.26. The van der Waals surface area contributed by atoms with E-state index in [2.05, 4.69) is 67.0 Å². The Morgan fingerprint density at radius 2 is 1.85 bits per heavy atom. The van der Waals surface area contributed by atoms with E-state index in [0.717, 1.165) is 28.0 Å². The fraction of sp³-hybridized carbons (Fsp3) is 0.400. The number of aromatic nitrogens is 3. The zero-order chi connectivity index (χ0) is 19.1. The van der Waals surface area contributed by atoms with Crippen molar-refractivity contribution in [2.24, 2.45) is 5.41 Å². The van der Waals surface area contributed by atoms with Crippen molar-refractivity contribution in [1.29, 1.82) is 5.26 Å². The lowest BCUT2D eigenvalue weighted by Gasteiger charge is -2.34. The molecule has 2 heterocycles. The second kappa shape index (κ2) is 6.48. The lowest BCUT2D eigenvalue weighted by molar-refractivity contribution is 0.302. The van der Waals surface area contributed by atoms with Crippen molar-refractivity contribution in [3.63, 3.8) is 0 Å². The zero-order valence-corrected chi connectivity index (χ0v) is 17.4. The lowest BCUT2D eigenvalue weighted by Crippen LogP contribution is -2.36. The zero-order valence-electron chi connectivity index (χ0n) is 15.8. The Balaban J connectivity index is 2.13. The molecule has 26 heavy (non-hydrogen) atoms. The smallest absolute Gasteiger partial charge is 0.173 e. The number of rotatable bonds is 4. The molecule has 0 unspecified atom stereocenters. The highest BCUT2D eigenvalue weighted by Gasteiger charge is 2.28. The first-order chi connectivity index (χ1) is 12.1. The van der Waals surface area contributed by atoms with Crippen molar-refractivity contribution in [2.45, 2.75) is 46.6 Å². The van der Waals surface area contributed by atoms with Crippen molar-refractivity contribution in [1.82, 2.24) is 14.6 Å². The van der Waals surface area contributed by atoms with Crippen molar-refractivity contribution >= 4 is 27.4 Å². The van der Waals surface area contributed by atoms with Gasteiger partial charge in [0.25, 0.3) is 0 Å². The molecule has 2 N–H and O–H groups in total. The van der Waals surface area contributed by atoms with E-state index in [9.17, 15) is 5.26 Å². The minimum Gasteiger partial charge on any atom is -0.363 e. The standard InChI is InChI=1S/C20H24BrN5/c1-19(2,3)12-20(4,5)25-18-16(13-6-8-15(21)9-7-13)24-17-14(10-22)11-23-26(17)18/h6-9,11,23,25H,12H2,1-5H3. The summed E-state index contributed by atoms with van der Waals surface area (Å²) in [4.78, 5) is 4.76. The van der Waals surface area contributed by atoms with Crippen molar-refractivity contribution in [2.75, 3.05) is 5.32 Å². The summed E-state index contributed by atoms with van der Waals surface area (Å²) in [5.41, 5.74) is 3.05. The van der Waals surface area contributed by atoms with E-state index in [-0.39, 0.29) is 11.0 Å². The Morgan fingerprint density at radius 1 is 1.19 bits per heavy atom. The summed E-state index contributed by atoms with van der Waals surface area (Å²) in [6, 6.07) is 10.3. The van der Waals surface area contributed by atoms with Gasteiger partial charge in [-0.25, -0.2) is 9.50 Å². The van der Waals surface area contributed by atoms with Crippen molar-refractivity contribution in [3.8, 4) is 17.3 Å². The van der Waals surface area contributed by atoms with Crippen LogP contribution in [-0.2, 0) is 0 Å². The van der Waals surface area contributed by atoms with Gasteiger partial charge in [-0.2, -0.15) is 5.26 Å². The fourth-order valence-electron chi connectivity index (χ4n) is 3.62. The van der Waals surface area contributed by atoms with Crippen LogP contribution >= 0.6 is 15.9 Å². The van der Waals surface area contributed by atoms with Gasteiger partial charge in [0, 0.05) is 21.8 Å². The van der Waals surface area contributed by atoms with Gasteiger partial charge in [-0.3, -0.25) is 5.10 Å². The molecule has 0 saturated carbocycles. The molecule has 0 aliphatic carbocycles. The van der Waals surface area contributed by atoms with Gasteiger partial charge in [-0.05, 0) is 37.8 Å². The molecule has 0 spiro atoms. The fourth-order valence-corrected chi connectivity index (χ4v) is 3.88. The molecule has 2 aromatic heterocycles. The van der Waals surface area contributed by atoms with Gasteiger partial charge in [0.15, 0.2) is 11.5 Å². The van der Waals surface area contributed by atoms with E-state index in [1.54, 1.807) is 6.20 Å². The normalized spacial score (nSPS) is 12.3. The van der Waals surface area contributed by atoms with Crippen LogP contribution in [0.5, 0.6) is 0 Å². The number of halogens is 1. The number of anilines is 1. The molecule has 0 aliphatic rings. The molecule has 6 heteroatoms. The number of imidazole rings is 1. The molecule has 0 radical (unpaired) electrons. The predicted molar refractivity (Wildman–Crippen MR) is 109 cm³/mol. The maximum atomic E-state index is 9.37. The Morgan fingerprint density at radius 3 is 2.42 bits per heavy atom. The summed E-state index contributed by atoms with van der Waals surface area (Å²) in [6.45, 7) is 11.1. The Labute approximate surface area is 162 Å². The molecule has 0 fully saturated rings. The van der Waals surface area contributed by atoms with Gasteiger partial charge in [0.2, 0.25) is 0 Å². The van der Waals surface area contributed by atoms with E-state index in [4.69, 9.17) is 4.98 Å². The quantitative estimate of drug-likeness (QED) is 0.585. The maximum absolute atomic E-state index is 9.37. The number of hydrogen-bond acceptors (Lipinski definition) is 3. The number of aromatic amines is 1. The summed E-state index contributed by atoms with van der Waals surface area (Å²) in [5, 5.41) is 16.2. The molecule has 0 aliphatic heterocycles. The minimum atomic E-state index is -0.143. The second-order valence-corrected chi connectivity index (χ2v) is 9.44. The molecule has 5 nitrogen and oxygen atoms in total. The number of nitriles is 1. The van der Waals surface area contributed by atoms with Gasteiger partial charge in [-0.1, -0.05) is 48.8 Å². The summed E-state index contributed by atoms with van der Waals surface area (Å²) < 4.78 is 2.88. The highest BCUT2D eigenvalue weighted by Crippen LogP contribution is 2.35. The Kier molecular flexibility index (Phi) is 4.61. The SMILES string of the molecule is CC(C)(C)CC(C)(C)Nc1c(-c2ccc(Br)cc2)nc2c(C#N)c[nH]n12. The monoisotopic (exact) mass is 413 g/mol. The third-order valence-corrected chi connectivity index (χ3v) is 4.65. The molecule has 0 bridgehead atoms. The molecule has 3 rings (SSSR count). The first-order valence-corrected chi connectivity index (χ1v) is 9.43. The number of fused-ring (bicyclic) bond motifs is 1. The van der Waals surface area contributed by atoms with E-state index in [0.29, 0.717) is 11.2 Å². The van der Waals surface area contributed by atoms with Crippen LogP contribution in [0.2, 0.25) is 0 Å². The molecule has 1 aromatic carbocycles. The van der Waals surface area contributed by atoms with E-state index in [1.165, 1.54) is 0 Å². The highest BCUT2D eigenvalue weighted by molar-refractivity contribution is 9.10. The summed E-state index contributed by atoms with van der Waals surface area (Å²) in [6.07, 6.45) is 2.68. The molecule has 136 valence electrons. The average molecular weight is 414 g/mol. The van der Waals surface area contributed by atoms with E-state index >= 15 is 0 Å². The van der Waals surface area contributed by atoms with Gasteiger partial charge in [0.1, 0.15) is 17.3 Å². The van der Waals surface area contributed by atoms with Crippen LogP contribution in [0.25, 0.3) is 16.9 Å². The lowest BCUT2D eigenvalue weighted by atomic mass is 9.82. The maximum Gasteiger partial charge on any atom is 0.173 e. The largest absolute Gasteiger partial charge is 0.363 e. The van der Waals surface area contributed by atoms with Crippen molar-refractivity contribution < 1.29 is 0 Å². The van der Waals surface area contributed by atoms with Gasteiger partial charge < -0.3 is 5.32 Å². The topological polar surface area (TPSA) is 68.9 Å². The summed E-state index contributed by atoms with van der Waals surface area (Å²) in [7, 11) is 0. The van der Waals surface area contributed by atoms with Crippen LogP contribution < -0.4 is 5.32 Å². The average Bonchev–Trinajstić information content (AvgIpc) is 3.05. The van der Waals surface area contributed by atoms with Crippen LogP contribution in [0, 0.1) is 16.7 Å². The third-order valence-electron chi connectivity index (χ3n) is 4.12. The molecule has 0 atom stereocenters. The second-order valence-electron chi connectivity index (χ2n) is 8.52. The van der Waals surface area contributed by atoms with Crippen molar-refractivity contribution in [3.05, 3.63) is 40.5 Å². The number of nitrogens with one attached hydrogen (secondary N) is 2. The minimum absolute atomic E-state index is 0.143. The molecule has 0 amide bonds. The Bertz CT molecular complexity index is 965. The third kappa shape index (κ3) is 3.78. The number of H-pyrrole nitrogens is 1. The molecular weight excluding hydrogens is 390 g/mol. The molecule has 0 saturated heterocycles.